The van der Waals surface area contributed by atoms with E-state index in [1.807, 2.05) is 13.4 Å². The van der Waals surface area contributed by atoms with Gasteiger partial charge in [0.2, 0.25) is 0 Å². The van der Waals surface area contributed by atoms with Crippen LogP contribution in [0.3, 0.4) is 0 Å². The lowest BCUT2D eigenvalue weighted by atomic mass is 10.3. The van der Waals surface area contributed by atoms with Gasteiger partial charge in [0.25, 0.3) is 0 Å². The van der Waals surface area contributed by atoms with Gasteiger partial charge < -0.3 is 9.47 Å². The number of hydrogen-bond acceptors (Lipinski definition) is 4. The minimum atomic E-state index is 0.715. The fraction of sp³-hybridized carbons (Fsp3) is 0.600. The predicted octanol–water partition coefficient (Wildman–Crippen LogP) is 2.23. The minimum absolute atomic E-state index is 0.715. The highest BCUT2D eigenvalue weighted by atomic mass is 127. The highest BCUT2D eigenvalue weighted by Crippen LogP contribution is 2.26. The molecular formula is C10H15IN4S. The smallest absolute Gasteiger partial charge is 0.158 e. The van der Waals surface area contributed by atoms with Crippen molar-refractivity contribution in [3.63, 3.8) is 0 Å². The van der Waals surface area contributed by atoms with E-state index in [1.54, 1.807) is 11.8 Å². The molecule has 6 heteroatoms. The van der Waals surface area contributed by atoms with Crippen molar-refractivity contribution in [2.24, 2.45) is 4.99 Å². The van der Waals surface area contributed by atoms with Crippen LogP contribution in [0.2, 0.25) is 0 Å². The van der Waals surface area contributed by atoms with E-state index < -0.39 is 0 Å². The van der Waals surface area contributed by atoms with Crippen LogP contribution < -0.4 is 4.90 Å². The Labute approximate surface area is 114 Å². The van der Waals surface area contributed by atoms with Crippen LogP contribution in [0, 0.1) is 0 Å². The molecule has 1 aromatic rings. The fourth-order valence-corrected chi connectivity index (χ4v) is 2.67. The predicted molar refractivity (Wildman–Crippen MR) is 79.1 cm³/mol. The van der Waals surface area contributed by atoms with Crippen molar-refractivity contribution in [3.05, 3.63) is 12.0 Å². The van der Waals surface area contributed by atoms with Gasteiger partial charge in [0.15, 0.2) is 5.82 Å². The van der Waals surface area contributed by atoms with Crippen LogP contribution >= 0.6 is 34.4 Å². The summed E-state index contributed by atoms with van der Waals surface area (Å²) < 4.78 is 3.39. The normalized spacial score (nSPS) is 14.9. The molecule has 4 nitrogen and oxygen atoms in total. The average Bonchev–Trinajstić information content (AvgIpc) is 2.72. The Bertz CT molecular complexity index is 402. The standard InChI is InChI=1S/C10H15IN4S/c1-14-6-13-10(16-2)8-9(14)12-7-15(8)5-3-4-11/h7H,3-6H2,1-2H3. The number of alkyl halides is 1. The van der Waals surface area contributed by atoms with Crippen molar-refractivity contribution >= 4 is 45.2 Å². The molecule has 0 radical (unpaired) electrons. The van der Waals surface area contributed by atoms with Gasteiger partial charge in [0.05, 0.1) is 6.33 Å². The number of fused-ring (bicyclic) bond motifs is 1. The van der Waals surface area contributed by atoms with Crippen molar-refractivity contribution < 1.29 is 0 Å². The van der Waals surface area contributed by atoms with Gasteiger partial charge in [-0.3, -0.25) is 4.99 Å². The maximum absolute atomic E-state index is 4.55. The van der Waals surface area contributed by atoms with Crippen LogP contribution in [0.4, 0.5) is 5.82 Å². The van der Waals surface area contributed by atoms with Gasteiger partial charge in [-0.15, -0.1) is 11.8 Å². The van der Waals surface area contributed by atoms with Gasteiger partial charge in [-0.05, 0) is 12.7 Å². The third-order valence-electron chi connectivity index (χ3n) is 2.54. The Balaban J connectivity index is 2.34. The lowest BCUT2D eigenvalue weighted by Gasteiger charge is -2.22. The number of halogens is 1. The summed E-state index contributed by atoms with van der Waals surface area (Å²) in [5.74, 6) is 1.06. The third-order valence-corrected chi connectivity index (χ3v) is 4.01. The largest absolute Gasteiger partial charge is 0.338 e. The monoisotopic (exact) mass is 350 g/mol. The number of aromatic nitrogens is 2. The molecule has 0 fully saturated rings. The SMILES string of the molecule is CSC1=NCN(C)c2ncn(CCCI)c21. The van der Waals surface area contributed by atoms with Crippen LogP contribution in [-0.2, 0) is 6.54 Å². The molecule has 0 aromatic carbocycles. The van der Waals surface area contributed by atoms with E-state index in [4.69, 9.17) is 0 Å². The molecule has 88 valence electrons. The second-order valence-electron chi connectivity index (χ2n) is 3.66. The zero-order chi connectivity index (χ0) is 11.5. The molecule has 1 aromatic heterocycles. The summed E-state index contributed by atoms with van der Waals surface area (Å²) in [4.78, 5) is 11.1. The quantitative estimate of drug-likeness (QED) is 0.619. The van der Waals surface area contributed by atoms with Gasteiger partial charge in [0.1, 0.15) is 17.4 Å². The average molecular weight is 350 g/mol. The number of hydrogen-bond donors (Lipinski definition) is 0. The van der Waals surface area contributed by atoms with Gasteiger partial charge in [0, 0.05) is 18.0 Å². The molecule has 0 amide bonds. The number of thioether (sulfide) groups is 1. The number of imidazole rings is 1. The van der Waals surface area contributed by atoms with E-state index in [-0.39, 0.29) is 0 Å². The second kappa shape index (κ2) is 5.39. The molecule has 0 atom stereocenters. The first kappa shape index (κ1) is 12.2. The zero-order valence-corrected chi connectivity index (χ0v) is 12.5. The lowest BCUT2D eigenvalue weighted by Crippen LogP contribution is -2.26. The van der Waals surface area contributed by atoms with Crippen LogP contribution in [0.5, 0.6) is 0 Å². The fourth-order valence-electron chi connectivity index (χ4n) is 1.74. The van der Waals surface area contributed by atoms with Crippen LogP contribution in [0.15, 0.2) is 11.3 Å². The molecule has 2 rings (SSSR count). The van der Waals surface area contributed by atoms with Crippen LogP contribution in [0.1, 0.15) is 12.1 Å². The highest BCUT2D eigenvalue weighted by Gasteiger charge is 2.22. The number of anilines is 1. The topological polar surface area (TPSA) is 33.4 Å². The molecule has 0 saturated carbocycles. The summed E-state index contributed by atoms with van der Waals surface area (Å²) in [6, 6.07) is 0. The van der Waals surface area contributed by atoms with Gasteiger partial charge in [-0.25, -0.2) is 4.98 Å². The Morgan fingerprint density at radius 3 is 3.06 bits per heavy atom. The third kappa shape index (κ3) is 2.22. The van der Waals surface area contributed by atoms with Crippen LogP contribution in [-0.4, -0.2) is 39.0 Å². The van der Waals surface area contributed by atoms with Gasteiger partial charge in [-0.2, -0.15) is 0 Å². The van der Waals surface area contributed by atoms with Crippen LogP contribution in [0.25, 0.3) is 0 Å². The summed E-state index contributed by atoms with van der Waals surface area (Å²) in [5, 5.41) is 1.11. The lowest BCUT2D eigenvalue weighted by molar-refractivity contribution is 0.682. The van der Waals surface area contributed by atoms with E-state index >= 15 is 0 Å². The van der Waals surface area contributed by atoms with E-state index in [9.17, 15) is 0 Å². The molecule has 1 aliphatic rings. The van der Waals surface area contributed by atoms with Crippen molar-refractivity contribution in [1.82, 2.24) is 9.55 Å². The van der Waals surface area contributed by atoms with Crippen molar-refractivity contribution in [2.75, 3.05) is 29.3 Å². The number of aryl methyl sites for hydroxylation is 1. The number of nitrogens with zero attached hydrogens (tertiary/aromatic N) is 4. The number of aliphatic imine (C=N–C) groups is 1. The molecule has 0 spiro atoms. The molecule has 0 saturated heterocycles. The van der Waals surface area contributed by atoms with E-state index in [0.717, 1.165) is 17.4 Å². The van der Waals surface area contributed by atoms with Gasteiger partial charge in [-0.1, -0.05) is 22.6 Å². The molecular weight excluding hydrogens is 335 g/mol. The second-order valence-corrected chi connectivity index (χ2v) is 5.53. The summed E-state index contributed by atoms with van der Waals surface area (Å²) in [5.41, 5.74) is 1.19. The Hall–Kier alpha value is -0.240. The maximum atomic E-state index is 4.55. The summed E-state index contributed by atoms with van der Waals surface area (Å²) in [6.45, 7) is 1.74. The molecule has 0 N–H and O–H groups in total. The zero-order valence-electron chi connectivity index (χ0n) is 9.48. The highest BCUT2D eigenvalue weighted by molar-refractivity contribution is 14.1. The van der Waals surface area contributed by atoms with E-state index in [0.29, 0.717) is 6.67 Å². The van der Waals surface area contributed by atoms with E-state index in [1.165, 1.54) is 16.5 Å². The Morgan fingerprint density at radius 1 is 1.56 bits per heavy atom. The van der Waals surface area contributed by atoms with E-state index in [2.05, 4.69) is 48.3 Å². The maximum Gasteiger partial charge on any atom is 0.158 e. The summed E-state index contributed by atoms with van der Waals surface area (Å²) in [6.07, 6.45) is 5.18. The summed E-state index contributed by atoms with van der Waals surface area (Å²) >= 11 is 4.11. The van der Waals surface area contributed by atoms with Crippen molar-refractivity contribution in [1.29, 1.82) is 0 Å². The Morgan fingerprint density at radius 2 is 2.38 bits per heavy atom. The first-order valence-electron chi connectivity index (χ1n) is 5.19. The van der Waals surface area contributed by atoms with Crippen molar-refractivity contribution in [3.8, 4) is 0 Å². The first-order valence-corrected chi connectivity index (χ1v) is 7.94. The molecule has 1 aliphatic heterocycles. The Kier molecular flexibility index (Phi) is 4.12. The first-order chi connectivity index (χ1) is 7.77. The minimum Gasteiger partial charge on any atom is -0.338 e. The molecule has 16 heavy (non-hydrogen) atoms. The molecule has 0 unspecified atom stereocenters. The summed E-state index contributed by atoms with van der Waals surface area (Å²) in [7, 11) is 2.04. The number of rotatable bonds is 3. The van der Waals surface area contributed by atoms with Gasteiger partial charge >= 0.3 is 0 Å². The molecule has 2 heterocycles. The molecule has 0 aliphatic carbocycles. The van der Waals surface area contributed by atoms with Crippen molar-refractivity contribution in [2.45, 2.75) is 13.0 Å². The molecule has 0 bridgehead atoms.